The van der Waals surface area contributed by atoms with Crippen LogP contribution in [-0.4, -0.2) is 15.0 Å². The van der Waals surface area contributed by atoms with Crippen molar-refractivity contribution in [3.8, 4) is 56.4 Å². The maximum absolute atomic E-state index is 6.58. The smallest absolute Gasteiger partial charge is 0.164 e. The lowest BCUT2D eigenvalue weighted by molar-refractivity contribution is 1.07. The first-order valence-corrected chi connectivity index (χ1v) is 12.5. The minimum atomic E-state index is 0.602. The summed E-state index contributed by atoms with van der Waals surface area (Å²) < 4.78 is 0. The standard InChI is InChI=1S/C33H22ClN3/c34-30-21-20-28(22-29(30)25-12-6-2-7-13-25)33-36-31(26-14-8-3-9-15-26)35-32(37-33)27-18-16-24(17-19-27)23-10-4-1-5-11-23/h1-22H. The van der Waals surface area contributed by atoms with E-state index in [1.165, 1.54) is 5.56 Å². The van der Waals surface area contributed by atoms with Crippen molar-refractivity contribution in [2.45, 2.75) is 0 Å². The molecule has 0 unspecified atom stereocenters. The Balaban J connectivity index is 1.47. The lowest BCUT2D eigenvalue weighted by atomic mass is 10.0. The first-order valence-electron chi connectivity index (χ1n) is 12.1. The van der Waals surface area contributed by atoms with Crippen molar-refractivity contribution < 1.29 is 0 Å². The Bertz CT molecular complexity index is 1650. The number of hydrogen-bond acceptors (Lipinski definition) is 3. The van der Waals surface area contributed by atoms with Gasteiger partial charge in [-0.25, -0.2) is 15.0 Å². The van der Waals surface area contributed by atoms with E-state index >= 15 is 0 Å². The van der Waals surface area contributed by atoms with Gasteiger partial charge in [0.05, 0.1) is 0 Å². The van der Waals surface area contributed by atoms with Crippen LogP contribution in [0.2, 0.25) is 5.02 Å². The third kappa shape index (κ3) is 4.90. The number of halogens is 1. The molecule has 37 heavy (non-hydrogen) atoms. The molecule has 6 aromatic rings. The first kappa shape index (κ1) is 22.8. The van der Waals surface area contributed by atoms with Crippen molar-refractivity contribution >= 4 is 11.6 Å². The number of nitrogens with zero attached hydrogens (tertiary/aromatic N) is 3. The number of hydrogen-bond donors (Lipinski definition) is 0. The average Bonchev–Trinajstić information content (AvgIpc) is 2.98. The summed E-state index contributed by atoms with van der Waals surface area (Å²) in [6, 6.07) is 44.7. The Morgan fingerprint density at radius 1 is 0.351 bits per heavy atom. The monoisotopic (exact) mass is 495 g/mol. The van der Waals surface area contributed by atoms with E-state index in [0.717, 1.165) is 33.4 Å². The van der Waals surface area contributed by atoms with Gasteiger partial charge in [0, 0.05) is 27.3 Å². The van der Waals surface area contributed by atoms with Crippen LogP contribution >= 0.6 is 11.6 Å². The van der Waals surface area contributed by atoms with Gasteiger partial charge < -0.3 is 0 Å². The molecule has 0 saturated carbocycles. The van der Waals surface area contributed by atoms with Gasteiger partial charge >= 0.3 is 0 Å². The molecule has 0 spiro atoms. The van der Waals surface area contributed by atoms with Crippen molar-refractivity contribution in [3.63, 3.8) is 0 Å². The molecule has 0 bridgehead atoms. The van der Waals surface area contributed by atoms with Crippen LogP contribution in [0.5, 0.6) is 0 Å². The molecule has 5 aromatic carbocycles. The minimum absolute atomic E-state index is 0.602. The number of aromatic nitrogens is 3. The van der Waals surface area contributed by atoms with E-state index < -0.39 is 0 Å². The Labute approximate surface area is 221 Å². The van der Waals surface area contributed by atoms with Crippen LogP contribution in [0.1, 0.15) is 0 Å². The maximum atomic E-state index is 6.58. The molecular weight excluding hydrogens is 474 g/mol. The van der Waals surface area contributed by atoms with E-state index in [9.17, 15) is 0 Å². The Morgan fingerprint density at radius 2 is 0.730 bits per heavy atom. The topological polar surface area (TPSA) is 38.7 Å². The summed E-state index contributed by atoms with van der Waals surface area (Å²) >= 11 is 6.58. The predicted molar refractivity (Wildman–Crippen MR) is 152 cm³/mol. The molecule has 4 heteroatoms. The van der Waals surface area contributed by atoms with Crippen molar-refractivity contribution in [2.75, 3.05) is 0 Å². The molecule has 0 saturated heterocycles. The molecular formula is C33H22ClN3. The highest BCUT2D eigenvalue weighted by Gasteiger charge is 2.14. The molecule has 1 heterocycles. The van der Waals surface area contributed by atoms with Crippen molar-refractivity contribution in [1.29, 1.82) is 0 Å². The summed E-state index contributed by atoms with van der Waals surface area (Å²) in [5.74, 6) is 1.86. The molecule has 0 atom stereocenters. The molecule has 0 aliphatic carbocycles. The highest BCUT2D eigenvalue weighted by molar-refractivity contribution is 6.33. The number of rotatable bonds is 5. The van der Waals surface area contributed by atoms with Crippen LogP contribution in [0, 0.1) is 0 Å². The summed E-state index contributed by atoms with van der Waals surface area (Å²) in [6.45, 7) is 0. The van der Waals surface area contributed by atoms with Crippen molar-refractivity contribution in [3.05, 3.63) is 138 Å². The fraction of sp³-hybridized carbons (Fsp3) is 0. The summed E-state index contributed by atoms with van der Waals surface area (Å²) in [5, 5.41) is 0.684. The summed E-state index contributed by atoms with van der Waals surface area (Å²) in [5.41, 5.74) is 7.05. The lowest BCUT2D eigenvalue weighted by Gasteiger charge is -2.11. The van der Waals surface area contributed by atoms with Gasteiger partial charge in [-0.1, -0.05) is 127 Å². The second kappa shape index (κ2) is 10.2. The summed E-state index contributed by atoms with van der Waals surface area (Å²) in [4.78, 5) is 14.6. The van der Waals surface area contributed by atoms with Crippen LogP contribution in [0.25, 0.3) is 56.4 Å². The second-order valence-corrected chi connectivity index (χ2v) is 9.08. The van der Waals surface area contributed by atoms with Gasteiger partial charge in [0.25, 0.3) is 0 Å². The predicted octanol–water partition coefficient (Wildman–Crippen LogP) is 8.86. The number of benzene rings is 5. The second-order valence-electron chi connectivity index (χ2n) is 8.68. The molecule has 0 fully saturated rings. The molecule has 3 nitrogen and oxygen atoms in total. The molecule has 0 amide bonds. The zero-order chi connectivity index (χ0) is 25.0. The highest BCUT2D eigenvalue weighted by Crippen LogP contribution is 2.33. The van der Waals surface area contributed by atoms with E-state index in [2.05, 4.69) is 36.4 Å². The molecule has 6 rings (SSSR count). The molecule has 0 radical (unpaired) electrons. The third-order valence-electron chi connectivity index (χ3n) is 6.23. The van der Waals surface area contributed by atoms with Crippen molar-refractivity contribution in [1.82, 2.24) is 15.0 Å². The van der Waals surface area contributed by atoms with Crippen LogP contribution in [0.15, 0.2) is 133 Å². The van der Waals surface area contributed by atoms with Gasteiger partial charge in [0.2, 0.25) is 0 Å². The quantitative estimate of drug-likeness (QED) is 0.240. The third-order valence-corrected chi connectivity index (χ3v) is 6.56. The SMILES string of the molecule is Clc1ccc(-c2nc(-c3ccccc3)nc(-c3ccc(-c4ccccc4)cc3)n2)cc1-c1ccccc1. The molecule has 0 aliphatic rings. The molecule has 0 aliphatic heterocycles. The summed E-state index contributed by atoms with van der Waals surface area (Å²) in [7, 11) is 0. The lowest BCUT2D eigenvalue weighted by Crippen LogP contribution is -2.00. The molecule has 1 aromatic heterocycles. The van der Waals surface area contributed by atoms with E-state index in [-0.39, 0.29) is 0 Å². The van der Waals surface area contributed by atoms with E-state index in [0.29, 0.717) is 22.5 Å². The molecule has 0 N–H and O–H groups in total. The van der Waals surface area contributed by atoms with Crippen LogP contribution < -0.4 is 0 Å². The highest BCUT2D eigenvalue weighted by atomic mass is 35.5. The minimum Gasteiger partial charge on any atom is -0.208 e. The fourth-order valence-electron chi connectivity index (χ4n) is 4.30. The fourth-order valence-corrected chi connectivity index (χ4v) is 4.52. The van der Waals surface area contributed by atoms with E-state index in [1.807, 2.05) is 97.1 Å². The van der Waals surface area contributed by atoms with Gasteiger partial charge in [-0.15, -0.1) is 0 Å². The zero-order valence-electron chi connectivity index (χ0n) is 19.9. The van der Waals surface area contributed by atoms with Gasteiger partial charge in [-0.05, 0) is 34.9 Å². The Morgan fingerprint density at radius 3 is 1.30 bits per heavy atom. The van der Waals surface area contributed by atoms with Crippen LogP contribution in [-0.2, 0) is 0 Å². The average molecular weight is 496 g/mol. The van der Waals surface area contributed by atoms with Crippen LogP contribution in [0.4, 0.5) is 0 Å². The van der Waals surface area contributed by atoms with Gasteiger partial charge in [0.1, 0.15) is 0 Å². The largest absolute Gasteiger partial charge is 0.208 e. The summed E-state index contributed by atoms with van der Waals surface area (Å²) in [6.07, 6.45) is 0. The van der Waals surface area contributed by atoms with Gasteiger partial charge in [0.15, 0.2) is 17.5 Å². The van der Waals surface area contributed by atoms with E-state index in [4.69, 9.17) is 26.6 Å². The maximum Gasteiger partial charge on any atom is 0.164 e. The van der Waals surface area contributed by atoms with Gasteiger partial charge in [-0.3, -0.25) is 0 Å². The van der Waals surface area contributed by atoms with Crippen molar-refractivity contribution in [2.24, 2.45) is 0 Å². The zero-order valence-corrected chi connectivity index (χ0v) is 20.7. The Hall–Kier alpha value is -4.60. The normalized spacial score (nSPS) is 10.8. The van der Waals surface area contributed by atoms with Gasteiger partial charge in [-0.2, -0.15) is 0 Å². The first-order chi connectivity index (χ1) is 18.2. The molecule has 176 valence electrons. The van der Waals surface area contributed by atoms with Crippen LogP contribution in [0.3, 0.4) is 0 Å². The van der Waals surface area contributed by atoms with E-state index in [1.54, 1.807) is 0 Å². The Kier molecular flexibility index (Phi) is 6.28.